The Hall–Kier alpha value is -0.940. The minimum absolute atomic E-state index is 0.0328. The standard InChI is InChI=1S/C14H20FNO2S/c1-3-16-14(11-6-7-19(17,18)9-11)13-8-12(15)5-4-10(13)2/h4-5,8,11,14,16H,3,6-7,9H2,1-2H3. The van der Waals surface area contributed by atoms with E-state index in [0.717, 1.165) is 17.7 Å². The Morgan fingerprint density at radius 1 is 1.47 bits per heavy atom. The molecule has 0 aromatic heterocycles. The van der Waals surface area contributed by atoms with E-state index in [2.05, 4.69) is 5.32 Å². The summed E-state index contributed by atoms with van der Waals surface area (Å²) in [4.78, 5) is 0. The summed E-state index contributed by atoms with van der Waals surface area (Å²) in [5.41, 5.74) is 1.88. The predicted molar refractivity (Wildman–Crippen MR) is 74.3 cm³/mol. The fourth-order valence-electron chi connectivity index (χ4n) is 2.78. The Morgan fingerprint density at radius 2 is 2.21 bits per heavy atom. The van der Waals surface area contributed by atoms with E-state index in [1.165, 1.54) is 12.1 Å². The van der Waals surface area contributed by atoms with Gasteiger partial charge in [-0.25, -0.2) is 12.8 Å². The van der Waals surface area contributed by atoms with Crippen LogP contribution in [0.1, 0.15) is 30.5 Å². The topological polar surface area (TPSA) is 46.2 Å². The zero-order valence-corrected chi connectivity index (χ0v) is 12.1. The Morgan fingerprint density at radius 3 is 2.79 bits per heavy atom. The third-order valence-corrected chi connectivity index (χ3v) is 5.53. The van der Waals surface area contributed by atoms with Gasteiger partial charge in [-0.15, -0.1) is 0 Å². The first-order valence-corrected chi connectivity index (χ1v) is 8.45. The van der Waals surface area contributed by atoms with Crippen molar-refractivity contribution >= 4 is 9.84 Å². The van der Waals surface area contributed by atoms with Crippen LogP contribution in [-0.2, 0) is 9.84 Å². The van der Waals surface area contributed by atoms with Crippen molar-refractivity contribution in [3.8, 4) is 0 Å². The number of halogens is 1. The second kappa shape index (κ2) is 5.59. The molecule has 19 heavy (non-hydrogen) atoms. The molecule has 1 fully saturated rings. The quantitative estimate of drug-likeness (QED) is 0.922. The second-order valence-corrected chi connectivity index (χ2v) is 7.43. The van der Waals surface area contributed by atoms with Crippen molar-refractivity contribution in [2.24, 2.45) is 5.92 Å². The Kier molecular flexibility index (Phi) is 4.26. The minimum atomic E-state index is -2.92. The molecule has 1 aromatic rings. The van der Waals surface area contributed by atoms with Crippen LogP contribution in [0.15, 0.2) is 18.2 Å². The van der Waals surface area contributed by atoms with Crippen molar-refractivity contribution in [1.29, 1.82) is 0 Å². The van der Waals surface area contributed by atoms with Gasteiger partial charge in [-0.3, -0.25) is 0 Å². The van der Waals surface area contributed by atoms with Gasteiger partial charge in [0.25, 0.3) is 0 Å². The van der Waals surface area contributed by atoms with Crippen molar-refractivity contribution < 1.29 is 12.8 Å². The normalized spacial score (nSPS) is 23.4. The van der Waals surface area contributed by atoms with Gasteiger partial charge in [0.05, 0.1) is 11.5 Å². The molecule has 2 rings (SSSR count). The average Bonchev–Trinajstić information content (AvgIpc) is 2.70. The molecule has 2 atom stereocenters. The zero-order valence-electron chi connectivity index (χ0n) is 11.3. The summed E-state index contributed by atoms with van der Waals surface area (Å²) in [5, 5.41) is 3.32. The van der Waals surface area contributed by atoms with E-state index < -0.39 is 9.84 Å². The molecular formula is C14H20FNO2S. The van der Waals surface area contributed by atoms with Crippen LogP contribution in [0.2, 0.25) is 0 Å². The number of sulfone groups is 1. The molecular weight excluding hydrogens is 265 g/mol. The Balaban J connectivity index is 2.32. The number of rotatable bonds is 4. The summed E-state index contributed by atoms with van der Waals surface area (Å²) in [7, 11) is -2.92. The summed E-state index contributed by atoms with van der Waals surface area (Å²) < 4.78 is 36.7. The molecule has 1 N–H and O–H groups in total. The molecule has 1 aliphatic rings. The van der Waals surface area contributed by atoms with Gasteiger partial charge >= 0.3 is 0 Å². The van der Waals surface area contributed by atoms with Crippen LogP contribution in [0.25, 0.3) is 0 Å². The third kappa shape index (κ3) is 3.34. The zero-order chi connectivity index (χ0) is 14.0. The lowest BCUT2D eigenvalue weighted by Gasteiger charge is -2.25. The molecule has 3 nitrogen and oxygen atoms in total. The van der Waals surface area contributed by atoms with E-state index in [-0.39, 0.29) is 29.3 Å². The highest BCUT2D eigenvalue weighted by Gasteiger charge is 2.34. The van der Waals surface area contributed by atoms with Gasteiger partial charge in [-0.05, 0) is 49.1 Å². The first-order valence-electron chi connectivity index (χ1n) is 6.63. The fourth-order valence-corrected chi connectivity index (χ4v) is 4.62. The first kappa shape index (κ1) is 14.5. The second-order valence-electron chi connectivity index (χ2n) is 5.20. The molecule has 1 aliphatic heterocycles. The maximum absolute atomic E-state index is 13.4. The van der Waals surface area contributed by atoms with E-state index in [0.29, 0.717) is 6.42 Å². The summed E-state index contributed by atoms with van der Waals surface area (Å²) in [6.07, 6.45) is 0.649. The summed E-state index contributed by atoms with van der Waals surface area (Å²) >= 11 is 0. The van der Waals surface area contributed by atoms with E-state index >= 15 is 0 Å². The van der Waals surface area contributed by atoms with Crippen LogP contribution in [0.5, 0.6) is 0 Å². The molecule has 0 bridgehead atoms. The maximum Gasteiger partial charge on any atom is 0.150 e. The molecule has 106 valence electrons. The lowest BCUT2D eigenvalue weighted by Crippen LogP contribution is -2.29. The van der Waals surface area contributed by atoms with Gasteiger partial charge in [0.1, 0.15) is 5.82 Å². The van der Waals surface area contributed by atoms with Crippen LogP contribution >= 0.6 is 0 Å². The fraction of sp³-hybridized carbons (Fsp3) is 0.571. The molecule has 1 heterocycles. The van der Waals surface area contributed by atoms with Gasteiger partial charge in [0.15, 0.2) is 9.84 Å². The van der Waals surface area contributed by atoms with Crippen LogP contribution in [-0.4, -0.2) is 26.5 Å². The first-order chi connectivity index (χ1) is 8.93. The molecule has 0 aliphatic carbocycles. The predicted octanol–water partition coefficient (Wildman–Crippen LogP) is 2.22. The van der Waals surface area contributed by atoms with E-state index in [9.17, 15) is 12.8 Å². The summed E-state index contributed by atoms with van der Waals surface area (Å²) in [6.45, 7) is 4.64. The maximum atomic E-state index is 13.4. The molecule has 1 aromatic carbocycles. The molecule has 5 heteroatoms. The van der Waals surface area contributed by atoms with Crippen LogP contribution in [0.3, 0.4) is 0 Å². The lowest BCUT2D eigenvalue weighted by atomic mass is 9.89. The molecule has 2 unspecified atom stereocenters. The number of aryl methyl sites for hydroxylation is 1. The number of hydrogen-bond acceptors (Lipinski definition) is 3. The van der Waals surface area contributed by atoms with E-state index in [4.69, 9.17) is 0 Å². The van der Waals surface area contributed by atoms with Gasteiger partial charge < -0.3 is 5.32 Å². The molecule has 0 spiro atoms. The van der Waals surface area contributed by atoms with E-state index in [1.54, 1.807) is 6.07 Å². The third-order valence-electron chi connectivity index (χ3n) is 3.74. The van der Waals surface area contributed by atoms with Gasteiger partial charge in [0.2, 0.25) is 0 Å². The van der Waals surface area contributed by atoms with Crippen molar-refractivity contribution in [3.05, 3.63) is 35.1 Å². The van der Waals surface area contributed by atoms with E-state index in [1.807, 2.05) is 13.8 Å². The highest BCUT2D eigenvalue weighted by atomic mass is 32.2. The number of hydrogen-bond donors (Lipinski definition) is 1. The largest absolute Gasteiger partial charge is 0.310 e. The molecule has 0 amide bonds. The van der Waals surface area contributed by atoms with Gasteiger partial charge in [-0.2, -0.15) is 0 Å². The lowest BCUT2D eigenvalue weighted by molar-refractivity contribution is 0.397. The Labute approximate surface area is 114 Å². The monoisotopic (exact) mass is 285 g/mol. The van der Waals surface area contributed by atoms with Gasteiger partial charge in [-0.1, -0.05) is 13.0 Å². The SMILES string of the molecule is CCNC(c1cc(F)ccc1C)C1CCS(=O)(=O)C1. The number of benzene rings is 1. The number of nitrogens with one attached hydrogen (secondary N) is 1. The highest BCUT2D eigenvalue weighted by Crippen LogP contribution is 2.33. The highest BCUT2D eigenvalue weighted by molar-refractivity contribution is 7.91. The van der Waals surface area contributed by atoms with Crippen molar-refractivity contribution in [2.45, 2.75) is 26.3 Å². The van der Waals surface area contributed by atoms with Crippen LogP contribution in [0.4, 0.5) is 4.39 Å². The molecule has 0 radical (unpaired) electrons. The van der Waals surface area contributed by atoms with Crippen molar-refractivity contribution in [1.82, 2.24) is 5.32 Å². The molecule has 1 saturated heterocycles. The van der Waals surface area contributed by atoms with Crippen LogP contribution in [0, 0.1) is 18.7 Å². The van der Waals surface area contributed by atoms with Crippen molar-refractivity contribution in [2.75, 3.05) is 18.1 Å². The minimum Gasteiger partial charge on any atom is -0.310 e. The summed E-state index contributed by atoms with van der Waals surface area (Å²) in [5.74, 6) is 0.198. The Bertz CT molecular complexity index is 557. The smallest absolute Gasteiger partial charge is 0.150 e. The van der Waals surface area contributed by atoms with Crippen molar-refractivity contribution in [3.63, 3.8) is 0 Å². The summed E-state index contributed by atoms with van der Waals surface area (Å²) in [6, 6.07) is 4.62. The average molecular weight is 285 g/mol. The van der Waals surface area contributed by atoms with Crippen LogP contribution < -0.4 is 5.32 Å². The molecule has 0 saturated carbocycles. The van der Waals surface area contributed by atoms with Gasteiger partial charge in [0, 0.05) is 6.04 Å².